The van der Waals surface area contributed by atoms with Gasteiger partial charge in [-0.05, 0) is 60.2 Å². The first-order valence-corrected chi connectivity index (χ1v) is 12.4. The lowest BCUT2D eigenvalue weighted by Crippen LogP contribution is -2.46. The second-order valence-corrected chi connectivity index (χ2v) is 9.53. The molecular formula is C25H24ClN3O6S. The van der Waals surface area contributed by atoms with Crippen molar-refractivity contribution in [3.63, 3.8) is 0 Å². The minimum Gasteiger partial charge on any atom is -0.484 e. The Bertz CT molecular complexity index is 1210. The van der Waals surface area contributed by atoms with Crippen LogP contribution in [0.4, 0.5) is 10.5 Å². The number of nitrogens with one attached hydrogen (secondary N) is 1. The van der Waals surface area contributed by atoms with Gasteiger partial charge in [-0.1, -0.05) is 29.8 Å². The van der Waals surface area contributed by atoms with Crippen LogP contribution in [-0.2, 0) is 19.1 Å². The van der Waals surface area contributed by atoms with Crippen LogP contribution in [0.25, 0.3) is 6.08 Å². The summed E-state index contributed by atoms with van der Waals surface area (Å²) in [6.45, 7) is 3.17. The van der Waals surface area contributed by atoms with Gasteiger partial charge in [0, 0.05) is 23.8 Å². The molecule has 0 radical (unpaired) electrons. The standard InChI is InChI=1S/C25H24ClN3O6S/c1-16-2-5-18(13-20(16)26)27-22(30)15-35-19-6-3-17(4-7-19)12-21-24(32)29(25(33)36-21)14-23(31)28-8-10-34-11-9-28/h2-7,12-13H,8-11,14-15H2,1H3,(H,27,30)/b21-12-. The van der Waals surface area contributed by atoms with Crippen LogP contribution in [0.15, 0.2) is 47.4 Å². The Balaban J connectivity index is 1.30. The van der Waals surface area contributed by atoms with Crippen molar-refractivity contribution in [1.29, 1.82) is 0 Å². The number of rotatable bonds is 7. The Morgan fingerprint density at radius 1 is 1.14 bits per heavy atom. The Hall–Kier alpha value is -3.34. The van der Waals surface area contributed by atoms with Gasteiger partial charge in [-0.15, -0.1) is 0 Å². The van der Waals surface area contributed by atoms with E-state index in [2.05, 4.69) is 5.32 Å². The molecule has 36 heavy (non-hydrogen) atoms. The van der Waals surface area contributed by atoms with E-state index >= 15 is 0 Å². The normalized spacial score (nSPS) is 17.0. The van der Waals surface area contributed by atoms with Gasteiger partial charge in [-0.2, -0.15) is 0 Å². The highest BCUT2D eigenvalue weighted by atomic mass is 35.5. The summed E-state index contributed by atoms with van der Waals surface area (Å²) in [5.41, 5.74) is 2.17. The number of anilines is 1. The van der Waals surface area contributed by atoms with Gasteiger partial charge in [-0.25, -0.2) is 0 Å². The quantitative estimate of drug-likeness (QED) is 0.547. The molecule has 0 bridgehead atoms. The van der Waals surface area contributed by atoms with Crippen molar-refractivity contribution < 1.29 is 28.7 Å². The van der Waals surface area contributed by atoms with Crippen molar-refractivity contribution >= 4 is 58.1 Å². The molecule has 0 unspecified atom stereocenters. The Kier molecular flexibility index (Phi) is 8.29. The predicted octanol–water partition coefficient (Wildman–Crippen LogP) is 3.56. The monoisotopic (exact) mass is 529 g/mol. The smallest absolute Gasteiger partial charge is 0.294 e. The largest absolute Gasteiger partial charge is 0.484 e. The van der Waals surface area contributed by atoms with Gasteiger partial charge in [0.15, 0.2) is 6.61 Å². The van der Waals surface area contributed by atoms with E-state index in [9.17, 15) is 19.2 Å². The van der Waals surface area contributed by atoms with Gasteiger partial charge >= 0.3 is 0 Å². The lowest BCUT2D eigenvalue weighted by atomic mass is 10.2. The zero-order chi connectivity index (χ0) is 25.7. The number of hydrogen-bond acceptors (Lipinski definition) is 7. The third kappa shape index (κ3) is 6.45. The molecule has 0 aliphatic carbocycles. The summed E-state index contributed by atoms with van der Waals surface area (Å²) < 4.78 is 10.7. The summed E-state index contributed by atoms with van der Waals surface area (Å²) >= 11 is 6.87. The van der Waals surface area contributed by atoms with Crippen LogP contribution in [0.2, 0.25) is 5.02 Å². The molecule has 11 heteroatoms. The third-order valence-electron chi connectivity index (χ3n) is 5.53. The molecule has 2 saturated heterocycles. The molecule has 4 rings (SSSR count). The van der Waals surface area contributed by atoms with E-state index in [4.69, 9.17) is 21.1 Å². The molecule has 0 aromatic heterocycles. The lowest BCUT2D eigenvalue weighted by Gasteiger charge is -2.28. The molecule has 2 aromatic carbocycles. The van der Waals surface area contributed by atoms with Crippen LogP contribution in [0.3, 0.4) is 0 Å². The van der Waals surface area contributed by atoms with E-state index in [-0.39, 0.29) is 29.9 Å². The molecule has 2 aliphatic heterocycles. The van der Waals surface area contributed by atoms with E-state index < -0.39 is 11.1 Å². The molecule has 2 heterocycles. The summed E-state index contributed by atoms with van der Waals surface area (Å²) in [6, 6.07) is 12.0. The molecule has 1 N–H and O–H groups in total. The Morgan fingerprint density at radius 3 is 2.56 bits per heavy atom. The number of hydrogen-bond donors (Lipinski definition) is 1. The lowest BCUT2D eigenvalue weighted by molar-refractivity contribution is -0.139. The number of amides is 4. The minimum atomic E-state index is -0.500. The maximum absolute atomic E-state index is 12.7. The molecule has 2 fully saturated rings. The minimum absolute atomic E-state index is 0.194. The number of imide groups is 1. The summed E-state index contributed by atoms with van der Waals surface area (Å²) in [7, 11) is 0. The highest BCUT2D eigenvalue weighted by Gasteiger charge is 2.37. The Labute approximate surface area is 217 Å². The number of halogens is 1. The maximum Gasteiger partial charge on any atom is 0.294 e. The van der Waals surface area contributed by atoms with Crippen LogP contribution >= 0.6 is 23.4 Å². The fraction of sp³-hybridized carbons (Fsp3) is 0.280. The number of thioether (sulfide) groups is 1. The molecule has 2 aromatic rings. The second-order valence-electron chi connectivity index (χ2n) is 8.13. The van der Waals surface area contributed by atoms with Crippen LogP contribution in [0, 0.1) is 6.92 Å². The molecule has 0 atom stereocenters. The highest BCUT2D eigenvalue weighted by molar-refractivity contribution is 8.18. The summed E-state index contributed by atoms with van der Waals surface area (Å²) in [6.07, 6.45) is 1.59. The van der Waals surface area contributed by atoms with Gasteiger partial charge in [0.2, 0.25) is 5.91 Å². The SMILES string of the molecule is Cc1ccc(NC(=O)COc2ccc(/C=C3\SC(=O)N(CC(=O)N4CCOCC4)C3=O)cc2)cc1Cl. The van der Waals surface area contributed by atoms with Crippen LogP contribution in [0.5, 0.6) is 5.75 Å². The second kappa shape index (κ2) is 11.6. The molecule has 0 spiro atoms. The van der Waals surface area contributed by atoms with E-state index in [0.717, 1.165) is 22.2 Å². The van der Waals surface area contributed by atoms with Crippen LogP contribution < -0.4 is 10.1 Å². The third-order valence-corrected chi connectivity index (χ3v) is 6.85. The van der Waals surface area contributed by atoms with Crippen molar-refractivity contribution in [2.24, 2.45) is 0 Å². The molecule has 2 aliphatic rings. The van der Waals surface area contributed by atoms with Gasteiger partial charge in [0.1, 0.15) is 12.3 Å². The first-order valence-electron chi connectivity index (χ1n) is 11.2. The van der Waals surface area contributed by atoms with Crippen molar-refractivity contribution in [3.8, 4) is 5.75 Å². The average molecular weight is 530 g/mol. The number of morpholine rings is 1. The zero-order valence-corrected chi connectivity index (χ0v) is 21.1. The van der Waals surface area contributed by atoms with E-state index in [1.807, 2.05) is 13.0 Å². The maximum atomic E-state index is 12.7. The highest BCUT2D eigenvalue weighted by Crippen LogP contribution is 2.32. The topological polar surface area (TPSA) is 105 Å². The van der Waals surface area contributed by atoms with Crippen molar-refractivity contribution in [2.45, 2.75) is 6.92 Å². The van der Waals surface area contributed by atoms with E-state index in [1.165, 1.54) is 0 Å². The number of carbonyl (C=O) groups excluding carboxylic acids is 4. The first kappa shape index (κ1) is 25.7. The number of benzene rings is 2. The van der Waals surface area contributed by atoms with Crippen LogP contribution in [0.1, 0.15) is 11.1 Å². The summed E-state index contributed by atoms with van der Waals surface area (Å²) in [5.74, 6) is -0.648. The van der Waals surface area contributed by atoms with Gasteiger partial charge in [-0.3, -0.25) is 24.1 Å². The molecule has 4 amide bonds. The van der Waals surface area contributed by atoms with Gasteiger partial charge in [0.05, 0.1) is 18.1 Å². The van der Waals surface area contributed by atoms with Gasteiger partial charge < -0.3 is 19.7 Å². The van der Waals surface area contributed by atoms with Gasteiger partial charge in [0.25, 0.3) is 17.1 Å². The number of carbonyl (C=O) groups is 4. The van der Waals surface area contributed by atoms with Crippen molar-refractivity contribution in [2.75, 3.05) is 44.8 Å². The number of aryl methyl sites for hydroxylation is 1. The van der Waals surface area contributed by atoms with E-state index in [0.29, 0.717) is 48.3 Å². The van der Waals surface area contributed by atoms with E-state index in [1.54, 1.807) is 47.4 Å². The van der Waals surface area contributed by atoms with Crippen LogP contribution in [-0.4, -0.2) is 72.2 Å². The average Bonchev–Trinajstić information content (AvgIpc) is 3.13. The zero-order valence-electron chi connectivity index (χ0n) is 19.5. The van der Waals surface area contributed by atoms with Crippen molar-refractivity contribution in [1.82, 2.24) is 9.80 Å². The number of ether oxygens (including phenoxy) is 2. The Morgan fingerprint density at radius 2 is 1.86 bits per heavy atom. The first-order chi connectivity index (χ1) is 17.3. The molecule has 0 saturated carbocycles. The fourth-order valence-electron chi connectivity index (χ4n) is 3.51. The summed E-state index contributed by atoms with van der Waals surface area (Å²) in [4.78, 5) is 52.4. The van der Waals surface area contributed by atoms with Crippen molar-refractivity contribution in [3.05, 3.63) is 63.5 Å². The summed E-state index contributed by atoms with van der Waals surface area (Å²) in [5, 5.41) is 2.80. The molecular weight excluding hydrogens is 506 g/mol. The number of nitrogens with zero attached hydrogens (tertiary/aromatic N) is 2. The molecule has 188 valence electrons. The molecule has 9 nitrogen and oxygen atoms in total. The fourth-order valence-corrected chi connectivity index (χ4v) is 4.53. The predicted molar refractivity (Wildman–Crippen MR) is 137 cm³/mol.